The fourth-order valence-electron chi connectivity index (χ4n) is 4.00. The van der Waals surface area contributed by atoms with E-state index in [2.05, 4.69) is 18.4 Å². The van der Waals surface area contributed by atoms with Crippen molar-refractivity contribution >= 4 is 23.1 Å². The van der Waals surface area contributed by atoms with Gasteiger partial charge in [-0.25, -0.2) is 9.37 Å². The topological polar surface area (TPSA) is 95.6 Å². The normalized spacial score (nSPS) is 14.0. The van der Waals surface area contributed by atoms with Gasteiger partial charge in [0.25, 0.3) is 0 Å². The van der Waals surface area contributed by atoms with E-state index in [0.29, 0.717) is 0 Å². The molecule has 0 radical (unpaired) electrons. The van der Waals surface area contributed by atoms with Gasteiger partial charge in [-0.15, -0.1) is 0 Å². The number of aliphatic hydroxyl groups excluding tert-OH is 2. The van der Waals surface area contributed by atoms with E-state index in [9.17, 15) is 19.4 Å². The number of hydrogen-bond acceptors (Lipinski definition) is 4. The number of carboxylic acids is 1. The monoisotopic (exact) mass is 454 g/mol. The second kappa shape index (κ2) is 10.3. The molecule has 3 rings (SSSR count). The Morgan fingerprint density at radius 2 is 1.79 bits per heavy atom. The first-order valence-electron chi connectivity index (χ1n) is 11.1. The van der Waals surface area contributed by atoms with E-state index < -0.39 is 24.6 Å². The summed E-state index contributed by atoms with van der Waals surface area (Å²) in [5.74, 6) is -1.38. The first-order chi connectivity index (χ1) is 15.6. The Bertz CT molecular complexity index is 1150. The fourth-order valence-corrected chi connectivity index (χ4v) is 4.00. The van der Waals surface area contributed by atoms with Gasteiger partial charge in [0.15, 0.2) is 0 Å². The molecule has 0 aliphatic carbocycles. The molecule has 6 nitrogen and oxygen atoms in total. The molecule has 0 bridgehead atoms. The van der Waals surface area contributed by atoms with Crippen molar-refractivity contribution in [3.63, 3.8) is 0 Å². The van der Waals surface area contributed by atoms with Crippen molar-refractivity contribution < 1.29 is 24.5 Å². The molecule has 0 aliphatic heterocycles. The molecule has 0 aliphatic rings. The van der Waals surface area contributed by atoms with Crippen LogP contribution in [0.5, 0.6) is 0 Å². The summed E-state index contributed by atoms with van der Waals surface area (Å²) in [6, 6.07) is 8.49. The zero-order valence-electron chi connectivity index (χ0n) is 19.4. The predicted octanol–water partition coefficient (Wildman–Crippen LogP) is 5.15. The SMILES string of the molecule is CC(C)c1nc2c(ccn2C(C)C)c(-c2ccc(F)cc2)c1C=CC(O)CC(O)CC(=O)O. The summed E-state index contributed by atoms with van der Waals surface area (Å²) in [5.41, 5.74) is 4.18. The minimum atomic E-state index is -1.15. The van der Waals surface area contributed by atoms with Gasteiger partial charge in [0.2, 0.25) is 0 Å². The number of carboxylic acid groups (broad SMARTS) is 1. The van der Waals surface area contributed by atoms with Gasteiger partial charge >= 0.3 is 5.97 Å². The molecule has 0 fully saturated rings. The number of carbonyl (C=O) groups is 1. The number of aliphatic hydroxyl groups is 2. The highest BCUT2D eigenvalue weighted by atomic mass is 19.1. The molecule has 7 heteroatoms. The Morgan fingerprint density at radius 3 is 2.36 bits per heavy atom. The van der Waals surface area contributed by atoms with Crippen LogP contribution in [-0.2, 0) is 4.79 Å². The van der Waals surface area contributed by atoms with Crippen molar-refractivity contribution in [1.82, 2.24) is 9.55 Å². The maximum absolute atomic E-state index is 13.7. The lowest BCUT2D eigenvalue weighted by Crippen LogP contribution is -2.19. The molecule has 0 saturated carbocycles. The Morgan fingerprint density at radius 1 is 1.12 bits per heavy atom. The summed E-state index contributed by atoms with van der Waals surface area (Å²) in [6.07, 6.45) is 2.60. The molecule has 0 spiro atoms. The minimum absolute atomic E-state index is 0.0681. The summed E-state index contributed by atoms with van der Waals surface area (Å²) in [4.78, 5) is 15.8. The van der Waals surface area contributed by atoms with Gasteiger partial charge in [-0.2, -0.15) is 0 Å². The van der Waals surface area contributed by atoms with E-state index in [1.165, 1.54) is 12.1 Å². The quantitative estimate of drug-likeness (QED) is 0.416. The maximum atomic E-state index is 13.7. The summed E-state index contributed by atoms with van der Waals surface area (Å²) < 4.78 is 15.8. The van der Waals surface area contributed by atoms with Crippen LogP contribution >= 0.6 is 0 Å². The van der Waals surface area contributed by atoms with Gasteiger partial charge < -0.3 is 19.9 Å². The van der Waals surface area contributed by atoms with Crippen LogP contribution in [0.4, 0.5) is 4.39 Å². The van der Waals surface area contributed by atoms with Crippen molar-refractivity contribution in [1.29, 1.82) is 0 Å². The third kappa shape index (κ3) is 5.67. The lowest BCUT2D eigenvalue weighted by molar-refractivity contribution is -0.139. The van der Waals surface area contributed by atoms with E-state index in [1.54, 1.807) is 24.3 Å². The zero-order valence-corrected chi connectivity index (χ0v) is 19.4. The molecular formula is C26H31FN2O4. The number of aromatic nitrogens is 2. The van der Waals surface area contributed by atoms with Crippen molar-refractivity contribution in [2.24, 2.45) is 0 Å². The van der Waals surface area contributed by atoms with E-state index in [1.807, 2.05) is 26.1 Å². The highest BCUT2D eigenvalue weighted by molar-refractivity contribution is 5.98. The third-order valence-electron chi connectivity index (χ3n) is 5.57. The van der Waals surface area contributed by atoms with Gasteiger partial charge in [-0.05, 0) is 43.5 Å². The van der Waals surface area contributed by atoms with Crippen LogP contribution in [0.2, 0.25) is 0 Å². The van der Waals surface area contributed by atoms with Crippen LogP contribution in [-0.4, -0.2) is 43.0 Å². The summed E-state index contributed by atoms with van der Waals surface area (Å²) in [7, 11) is 0. The van der Waals surface area contributed by atoms with Gasteiger partial charge in [-0.1, -0.05) is 38.1 Å². The number of halogens is 1. The molecule has 33 heavy (non-hydrogen) atoms. The Labute approximate surface area is 193 Å². The van der Waals surface area contributed by atoms with Crippen LogP contribution in [0.25, 0.3) is 28.2 Å². The minimum Gasteiger partial charge on any atom is -0.481 e. The van der Waals surface area contributed by atoms with E-state index >= 15 is 0 Å². The number of pyridine rings is 1. The van der Waals surface area contributed by atoms with E-state index in [4.69, 9.17) is 10.1 Å². The summed E-state index contributed by atoms with van der Waals surface area (Å²) >= 11 is 0. The summed E-state index contributed by atoms with van der Waals surface area (Å²) in [6.45, 7) is 8.24. The van der Waals surface area contributed by atoms with E-state index in [0.717, 1.165) is 33.4 Å². The predicted molar refractivity (Wildman–Crippen MR) is 128 cm³/mol. The largest absolute Gasteiger partial charge is 0.481 e. The fraction of sp³-hybridized carbons (Fsp3) is 0.385. The number of hydrogen-bond donors (Lipinski definition) is 3. The molecule has 1 aromatic carbocycles. The molecule has 3 N–H and O–H groups in total. The summed E-state index contributed by atoms with van der Waals surface area (Å²) in [5, 5.41) is 30.0. The second-order valence-electron chi connectivity index (χ2n) is 8.92. The van der Waals surface area contributed by atoms with Crippen molar-refractivity contribution in [2.75, 3.05) is 0 Å². The number of fused-ring (bicyclic) bond motifs is 1. The first kappa shape index (κ1) is 24.6. The van der Waals surface area contributed by atoms with Gasteiger partial charge in [0, 0.05) is 35.2 Å². The lowest BCUT2D eigenvalue weighted by atomic mass is 9.91. The number of nitrogens with zero attached hydrogens (tertiary/aromatic N) is 2. The van der Waals surface area contributed by atoms with E-state index in [-0.39, 0.29) is 24.2 Å². The smallest absolute Gasteiger partial charge is 0.305 e. The van der Waals surface area contributed by atoms with Crippen molar-refractivity contribution in [3.05, 3.63) is 59.7 Å². The Balaban J connectivity index is 2.17. The molecule has 3 aromatic rings. The molecule has 2 heterocycles. The zero-order chi connectivity index (χ0) is 24.3. The van der Waals surface area contributed by atoms with Crippen molar-refractivity contribution in [3.8, 4) is 11.1 Å². The average Bonchev–Trinajstić information content (AvgIpc) is 3.15. The number of aliphatic carboxylic acids is 1. The van der Waals surface area contributed by atoms with Gasteiger partial charge in [0.1, 0.15) is 11.5 Å². The number of benzene rings is 1. The molecule has 176 valence electrons. The van der Waals surface area contributed by atoms with Crippen LogP contribution in [0, 0.1) is 5.82 Å². The van der Waals surface area contributed by atoms with Crippen LogP contribution < -0.4 is 0 Å². The highest BCUT2D eigenvalue weighted by Crippen LogP contribution is 2.38. The molecule has 0 saturated heterocycles. The average molecular weight is 455 g/mol. The standard InChI is InChI=1S/C26H31FN2O4/c1-15(2)25-21(10-9-19(30)13-20(31)14-23(32)33)24(17-5-7-18(27)8-6-17)22-11-12-29(16(3)4)26(22)28-25/h5-12,15-16,19-20,30-31H,13-14H2,1-4H3,(H,32,33). The van der Waals surface area contributed by atoms with Gasteiger partial charge in [0.05, 0.1) is 24.3 Å². The number of rotatable bonds is 9. The second-order valence-corrected chi connectivity index (χ2v) is 8.92. The van der Waals surface area contributed by atoms with Crippen LogP contribution in [0.3, 0.4) is 0 Å². The molecule has 2 unspecified atom stereocenters. The van der Waals surface area contributed by atoms with Crippen LogP contribution in [0.1, 0.15) is 63.8 Å². The Kier molecular flexibility index (Phi) is 7.66. The maximum Gasteiger partial charge on any atom is 0.305 e. The van der Waals surface area contributed by atoms with Crippen molar-refractivity contribution in [2.45, 2.75) is 64.7 Å². The highest BCUT2D eigenvalue weighted by Gasteiger charge is 2.21. The Hall–Kier alpha value is -3.03. The van der Waals surface area contributed by atoms with Crippen LogP contribution in [0.15, 0.2) is 42.6 Å². The van der Waals surface area contributed by atoms with Gasteiger partial charge in [-0.3, -0.25) is 4.79 Å². The molecule has 2 aromatic heterocycles. The molecule has 2 atom stereocenters. The first-order valence-corrected chi connectivity index (χ1v) is 11.1. The molecular weight excluding hydrogens is 423 g/mol. The third-order valence-corrected chi connectivity index (χ3v) is 5.57. The lowest BCUT2D eigenvalue weighted by Gasteiger charge is -2.18. The molecule has 0 amide bonds.